The molecule has 3 aliphatic rings. The smallest absolute Gasteiger partial charge is 0.244 e. The number of para-hydroxylation sites is 1. The minimum Gasteiger partial charge on any atom is -0.329 e. The molecule has 0 saturated heterocycles. The van der Waals surface area contributed by atoms with Crippen LogP contribution in [0, 0.1) is 17.8 Å². The quantitative estimate of drug-likeness (QED) is 0.848. The standard InChI is InChI=1S/C16H18N2O2/c19-14-9-18(8-10-4-1-2-7-13(10)17-14)16(20)15-11-5-3-6-12(11)15/h1-2,4,7,11-12,15H,3,5-6,8-9H2,(H,17,19). The van der Waals surface area contributed by atoms with Crippen molar-refractivity contribution in [3.8, 4) is 0 Å². The zero-order valence-corrected chi connectivity index (χ0v) is 11.3. The number of rotatable bonds is 1. The van der Waals surface area contributed by atoms with Crippen LogP contribution in [0.15, 0.2) is 24.3 Å². The Kier molecular flexibility index (Phi) is 2.59. The number of anilines is 1. The molecule has 2 saturated carbocycles. The van der Waals surface area contributed by atoms with Crippen molar-refractivity contribution in [1.82, 2.24) is 4.90 Å². The van der Waals surface area contributed by atoms with Crippen molar-refractivity contribution in [2.24, 2.45) is 17.8 Å². The van der Waals surface area contributed by atoms with Crippen LogP contribution in [-0.4, -0.2) is 23.3 Å². The average molecular weight is 270 g/mol. The van der Waals surface area contributed by atoms with Gasteiger partial charge in [-0.05, 0) is 36.3 Å². The number of fused-ring (bicyclic) bond motifs is 2. The minimum absolute atomic E-state index is 0.0888. The van der Waals surface area contributed by atoms with E-state index in [1.54, 1.807) is 4.90 Å². The van der Waals surface area contributed by atoms with E-state index >= 15 is 0 Å². The van der Waals surface area contributed by atoms with E-state index in [2.05, 4.69) is 5.32 Å². The fourth-order valence-corrected chi connectivity index (χ4v) is 3.96. The maximum Gasteiger partial charge on any atom is 0.244 e. The summed E-state index contributed by atoms with van der Waals surface area (Å²) in [7, 11) is 0. The highest BCUT2D eigenvalue weighted by atomic mass is 16.2. The first-order valence-electron chi connectivity index (χ1n) is 7.40. The third-order valence-electron chi connectivity index (χ3n) is 4.99. The monoisotopic (exact) mass is 270 g/mol. The summed E-state index contributed by atoms with van der Waals surface area (Å²) in [5.74, 6) is 1.50. The van der Waals surface area contributed by atoms with Crippen LogP contribution >= 0.6 is 0 Å². The Morgan fingerprint density at radius 2 is 1.90 bits per heavy atom. The first kappa shape index (κ1) is 11.9. The second-order valence-corrected chi connectivity index (χ2v) is 6.18. The summed E-state index contributed by atoms with van der Waals surface area (Å²) in [6.45, 7) is 0.729. The van der Waals surface area contributed by atoms with Crippen molar-refractivity contribution in [3.05, 3.63) is 29.8 Å². The van der Waals surface area contributed by atoms with Gasteiger partial charge in [-0.2, -0.15) is 0 Å². The number of amides is 2. The molecule has 1 aromatic rings. The number of nitrogens with one attached hydrogen (secondary N) is 1. The molecule has 4 heteroatoms. The van der Waals surface area contributed by atoms with Gasteiger partial charge in [-0.25, -0.2) is 0 Å². The van der Waals surface area contributed by atoms with Gasteiger partial charge < -0.3 is 10.2 Å². The molecule has 0 bridgehead atoms. The predicted octanol–water partition coefficient (Wildman–Crippen LogP) is 2.01. The topological polar surface area (TPSA) is 49.4 Å². The lowest BCUT2D eigenvalue weighted by Gasteiger charge is -2.20. The van der Waals surface area contributed by atoms with Crippen molar-refractivity contribution in [2.75, 3.05) is 11.9 Å². The number of nitrogens with zero attached hydrogens (tertiary/aromatic N) is 1. The number of hydrogen-bond donors (Lipinski definition) is 1. The van der Waals surface area contributed by atoms with Crippen LogP contribution in [0.3, 0.4) is 0 Å². The highest BCUT2D eigenvalue weighted by Gasteiger charge is 2.57. The van der Waals surface area contributed by atoms with Crippen molar-refractivity contribution in [1.29, 1.82) is 0 Å². The second-order valence-electron chi connectivity index (χ2n) is 6.18. The third-order valence-corrected chi connectivity index (χ3v) is 4.99. The van der Waals surface area contributed by atoms with E-state index in [1.165, 1.54) is 19.3 Å². The first-order chi connectivity index (χ1) is 9.74. The fraction of sp³-hybridized carbons (Fsp3) is 0.500. The molecule has 1 aliphatic heterocycles. The van der Waals surface area contributed by atoms with Gasteiger partial charge in [0, 0.05) is 18.2 Å². The molecule has 20 heavy (non-hydrogen) atoms. The lowest BCUT2D eigenvalue weighted by Crippen LogP contribution is -2.37. The van der Waals surface area contributed by atoms with Crippen LogP contribution in [0.4, 0.5) is 5.69 Å². The summed E-state index contributed by atoms with van der Waals surface area (Å²) < 4.78 is 0. The highest BCUT2D eigenvalue weighted by Crippen LogP contribution is 2.58. The Morgan fingerprint density at radius 1 is 1.15 bits per heavy atom. The van der Waals surface area contributed by atoms with Crippen molar-refractivity contribution in [3.63, 3.8) is 0 Å². The molecule has 0 radical (unpaired) electrons. The summed E-state index contributed by atoms with van der Waals surface area (Å²) >= 11 is 0. The van der Waals surface area contributed by atoms with Crippen LogP contribution in [0.2, 0.25) is 0 Å². The summed E-state index contributed by atoms with van der Waals surface area (Å²) in [6.07, 6.45) is 3.65. The Labute approximate surface area is 118 Å². The molecule has 1 aromatic carbocycles. The second kappa shape index (κ2) is 4.33. The van der Waals surface area contributed by atoms with E-state index in [9.17, 15) is 9.59 Å². The fourth-order valence-electron chi connectivity index (χ4n) is 3.96. The Hall–Kier alpha value is -1.84. The zero-order valence-electron chi connectivity index (χ0n) is 11.3. The summed E-state index contributed by atoms with van der Waals surface area (Å²) in [5.41, 5.74) is 1.86. The van der Waals surface area contributed by atoms with E-state index in [0.29, 0.717) is 18.4 Å². The van der Waals surface area contributed by atoms with Crippen LogP contribution in [-0.2, 0) is 16.1 Å². The van der Waals surface area contributed by atoms with Gasteiger partial charge in [0.05, 0.1) is 0 Å². The molecule has 2 fully saturated rings. The van der Waals surface area contributed by atoms with Gasteiger partial charge in [-0.15, -0.1) is 0 Å². The molecule has 2 aliphatic carbocycles. The number of carbonyl (C=O) groups excluding carboxylic acids is 2. The Bertz CT molecular complexity index is 574. The molecular weight excluding hydrogens is 252 g/mol. The molecule has 104 valence electrons. The number of benzene rings is 1. The van der Waals surface area contributed by atoms with Crippen molar-refractivity contribution in [2.45, 2.75) is 25.8 Å². The van der Waals surface area contributed by atoms with Gasteiger partial charge in [-0.1, -0.05) is 24.6 Å². The van der Waals surface area contributed by atoms with Gasteiger partial charge in [-0.3, -0.25) is 9.59 Å². The Balaban J connectivity index is 1.57. The molecule has 1 heterocycles. The minimum atomic E-state index is -0.0888. The van der Waals surface area contributed by atoms with Gasteiger partial charge in [0.25, 0.3) is 0 Å². The SMILES string of the molecule is O=C1CN(C(=O)C2C3CCCC32)Cc2ccccc2N1. The molecule has 2 unspecified atom stereocenters. The van der Waals surface area contributed by atoms with Crippen LogP contribution < -0.4 is 5.32 Å². The molecular formula is C16H18N2O2. The van der Waals surface area contributed by atoms with E-state index in [-0.39, 0.29) is 24.3 Å². The molecule has 0 aromatic heterocycles. The maximum atomic E-state index is 12.6. The van der Waals surface area contributed by atoms with Gasteiger partial charge in [0.15, 0.2) is 0 Å². The molecule has 4 nitrogen and oxygen atoms in total. The van der Waals surface area contributed by atoms with E-state index in [0.717, 1.165) is 11.3 Å². The van der Waals surface area contributed by atoms with Crippen LogP contribution in [0.25, 0.3) is 0 Å². The van der Waals surface area contributed by atoms with E-state index in [1.807, 2.05) is 24.3 Å². The van der Waals surface area contributed by atoms with Gasteiger partial charge in [0.1, 0.15) is 6.54 Å². The number of carbonyl (C=O) groups is 2. The lowest BCUT2D eigenvalue weighted by molar-refractivity contribution is -0.137. The third kappa shape index (κ3) is 1.82. The average Bonchev–Trinajstić information content (AvgIpc) is 2.99. The van der Waals surface area contributed by atoms with Crippen LogP contribution in [0.1, 0.15) is 24.8 Å². The summed E-state index contributed by atoms with van der Waals surface area (Å²) in [6, 6.07) is 7.73. The van der Waals surface area contributed by atoms with Crippen LogP contribution in [0.5, 0.6) is 0 Å². The van der Waals surface area contributed by atoms with Crippen molar-refractivity contribution >= 4 is 17.5 Å². The number of hydrogen-bond acceptors (Lipinski definition) is 2. The van der Waals surface area contributed by atoms with E-state index in [4.69, 9.17) is 0 Å². The molecule has 2 atom stereocenters. The predicted molar refractivity (Wildman–Crippen MR) is 74.8 cm³/mol. The molecule has 4 rings (SSSR count). The van der Waals surface area contributed by atoms with Gasteiger partial charge in [0.2, 0.25) is 11.8 Å². The highest BCUT2D eigenvalue weighted by molar-refractivity contribution is 5.97. The van der Waals surface area contributed by atoms with Crippen molar-refractivity contribution < 1.29 is 9.59 Å². The normalized spacial score (nSPS) is 31.1. The Morgan fingerprint density at radius 3 is 2.70 bits per heavy atom. The summed E-state index contributed by atoms with van der Waals surface area (Å²) in [5, 5.41) is 2.88. The van der Waals surface area contributed by atoms with Gasteiger partial charge >= 0.3 is 0 Å². The lowest BCUT2D eigenvalue weighted by atomic mass is 10.1. The summed E-state index contributed by atoms with van der Waals surface area (Å²) in [4.78, 5) is 26.3. The zero-order chi connectivity index (χ0) is 13.7. The molecule has 1 N–H and O–H groups in total. The molecule has 0 spiro atoms. The largest absolute Gasteiger partial charge is 0.329 e. The maximum absolute atomic E-state index is 12.6. The van der Waals surface area contributed by atoms with E-state index < -0.39 is 0 Å². The first-order valence-corrected chi connectivity index (χ1v) is 7.40. The molecule has 2 amide bonds.